The Hall–Kier alpha value is -3.64. The monoisotopic (exact) mass is 444 g/mol. The number of tetrazole rings is 1. The zero-order valence-corrected chi connectivity index (χ0v) is 17.8. The van der Waals surface area contributed by atoms with Crippen molar-refractivity contribution in [2.75, 3.05) is 26.0 Å². The lowest BCUT2D eigenvalue weighted by atomic mass is 10.2. The average molecular weight is 444 g/mol. The first-order chi connectivity index (χ1) is 14.7. The molecule has 12 heteroatoms. The molecule has 0 saturated heterocycles. The van der Waals surface area contributed by atoms with Gasteiger partial charge in [-0.25, -0.2) is 22.2 Å². The number of amides is 1. The van der Waals surface area contributed by atoms with Gasteiger partial charge in [-0.05, 0) is 59.3 Å². The van der Waals surface area contributed by atoms with E-state index in [1.807, 2.05) is 0 Å². The van der Waals surface area contributed by atoms with Crippen LogP contribution in [-0.2, 0) is 19.6 Å². The van der Waals surface area contributed by atoms with Crippen LogP contribution in [0.15, 0.2) is 53.7 Å². The summed E-state index contributed by atoms with van der Waals surface area (Å²) in [5.41, 5.74) is 1.72. The Labute approximate surface area is 178 Å². The number of anilines is 1. The van der Waals surface area contributed by atoms with Crippen LogP contribution in [0.5, 0.6) is 0 Å². The molecule has 3 rings (SSSR count). The van der Waals surface area contributed by atoms with E-state index in [-0.39, 0.29) is 16.1 Å². The van der Waals surface area contributed by atoms with Crippen LogP contribution in [0.3, 0.4) is 0 Å². The number of nitrogens with zero attached hydrogens (tertiary/aromatic N) is 5. The minimum absolute atomic E-state index is 0.0787. The number of rotatable bonds is 7. The maximum Gasteiger partial charge on any atom is 0.338 e. The van der Waals surface area contributed by atoms with Gasteiger partial charge in [0.15, 0.2) is 6.61 Å². The van der Waals surface area contributed by atoms with Crippen LogP contribution in [0.25, 0.3) is 5.69 Å². The van der Waals surface area contributed by atoms with E-state index in [9.17, 15) is 18.0 Å². The summed E-state index contributed by atoms with van der Waals surface area (Å²) in [6.07, 6.45) is 1.41. The molecule has 31 heavy (non-hydrogen) atoms. The van der Waals surface area contributed by atoms with E-state index in [1.165, 1.54) is 43.3 Å². The lowest BCUT2D eigenvalue weighted by Crippen LogP contribution is -2.24. The Morgan fingerprint density at radius 3 is 2.45 bits per heavy atom. The maximum absolute atomic E-state index is 12.4. The quantitative estimate of drug-likeness (QED) is 0.533. The highest BCUT2D eigenvalue weighted by Gasteiger charge is 2.20. The van der Waals surface area contributed by atoms with Gasteiger partial charge in [0.1, 0.15) is 6.33 Å². The fraction of sp³-hybridized carbons (Fsp3) is 0.211. The van der Waals surface area contributed by atoms with Gasteiger partial charge >= 0.3 is 5.97 Å². The molecule has 0 aliphatic rings. The second-order valence-corrected chi connectivity index (χ2v) is 8.81. The highest BCUT2D eigenvalue weighted by atomic mass is 32.2. The zero-order chi connectivity index (χ0) is 22.6. The van der Waals surface area contributed by atoms with E-state index in [0.29, 0.717) is 11.3 Å². The van der Waals surface area contributed by atoms with Crippen molar-refractivity contribution < 1.29 is 22.7 Å². The van der Waals surface area contributed by atoms with E-state index in [4.69, 9.17) is 4.74 Å². The summed E-state index contributed by atoms with van der Waals surface area (Å²) in [7, 11) is -0.814. The molecule has 2 aromatic carbocycles. The number of ether oxygens (including phenoxy) is 1. The van der Waals surface area contributed by atoms with Gasteiger partial charge in [-0.3, -0.25) is 4.79 Å². The molecular formula is C19H20N6O5S. The van der Waals surface area contributed by atoms with Crippen LogP contribution in [0.4, 0.5) is 5.69 Å². The first-order valence-corrected chi connectivity index (χ1v) is 10.5. The number of carbonyl (C=O) groups is 2. The van der Waals surface area contributed by atoms with E-state index >= 15 is 0 Å². The molecule has 0 atom stereocenters. The number of esters is 1. The average Bonchev–Trinajstić information content (AvgIpc) is 3.28. The number of aromatic nitrogens is 4. The summed E-state index contributed by atoms with van der Waals surface area (Å²) >= 11 is 0. The van der Waals surface area contributed by atoms with Crippen LogP contribution >= 0.6 is 0 Å². The molecule has 1 amide bonds. The van der Waals surface area contributed by atoms with Gasteiger partial charge in [0.05, 0.1) is 16.1 Å². The normalized spacial score (nSPS) is 11.4. The van der Waals surface area contributed by atoms with E-state index in [0.717, 1.165) is 4.31 Å². The summed E-state index contributed by atoms with van der Waals surface area (Å²) < 4.78 is 32.3. The third-order valence-electron chi connectivity index (χ3n) is 4.28. The number of benzene rings is 2. The van der Waals surface area contributed by atoms with Gasteiger partial charge in [0.2, 0.25) is 10.0 Å². The first-order valence-electron chi connectivity index (χ1n) is 9.02. The van der Waals surface area contributed by atoms with Crippen LogP contribution in [-0.4, -0.2) is 65.5 Å². The number of hydrogen-bond acceptors (Lipinski definition) is 8. The topological polar surface area (TPSA) is 136 Å². The molecule has 0 fully saturated rings. The number of hydrogen-bond donors (Lipinski definition) is 1. The van der Waals surface area contributed by atoms with Crippen LogP contribution in [0, 0.1) is 6.92 Å². The molecule has 0 saturated carbocycles. The smallest absolute Gasteiger partial charge is 0.338 e. The molecule has 0 bridgehead atoms. The largest absolute Gasteiger partial charge is 0.452 e. The van der Waals surface area contributed by atoms with Gasteiger partial charge in [-0.15, -0.1) is 5.10 Å². The van der Waals surface area contributed by atoms with Gasteiger partial charge in [-0.1, -0.05) is 6.07 Å². The third-order valence-corrected chi connectivity index (χ3v) is 6.24. The molecule has 1 aromatic heterocycles. The molecule has 0 unspecified atom stereocenters. The molecule has 1 heterocycles. The van der Waals surface area contributed by atoms with Crippen LogP contribution < -0.4 is 5.32 Å². The molecule has 0 radical (unpaired) electrons. The predicted molar refractivity (Wildman–Crippen MR) is 110 cm³/mol. The molecule has 11 nitrogen and oxygen atoms in total. The van der Waals surface area contributed by atoms with Gasteiger partial charge in [0.25, 0.3) is 5.91 Å². The van der Waals surface area contributed by atoms with Crippen molar-refractivity contribution in [1.82, 2.24) is 24.5 Å². The molecule has 162 valence electrons. The third kappa shape index (κ3) is 5.10. The summed E-state index contributed by atoms with van der Waals surface area (Å²) in [6, 6.07) is 10.8. The van der Waals surface area contributed by atoms with Crippen molar-refractivity contribution >= 4 is 27.6 Å². The minimum atomic E-state index is -3.66. The number of aryl methyl sites for hydroxylation is 1. The Bertz CT molecular complexity index is 1190. The van der Waals surface area contributed by atoms with Crippen LogP contribution in [0.1, 0.15) is 15.9 Å². The Kier molecular flexibility index (Phi) is 6.42. The molecule has 0 aliphatic heterocycles. The zero-order valence-electron chi connectivity index (χ0n) is 17.0. The summed E-state index contributed by atoms with van der Waals surface area (Å²) in [5.74, 6) is -1.28. The number of sulfonamides is 1. The second kappa shape index (κ2) is 9.02. The summed E-state index contributed by atoms with van der Waals surface area (Å²) in [5, 5.41) is 13.3. The summed E-state index contributed by atoms with van der Waals surface area (Å²) in [4.78, 5) is 24.4. The standard InChI is InChI=1S/C19H20N6O5S/c1-13-4-7-15(10-17(13)31(28,29)24(2)3)21-18(26)11-30-19(27)14-5-8-16(9-6-14)25-12-20-22-23-25/h4-10,12H,11H2,1-3H3,(H,21,26). The molecule has 1 N–H and O–H groups in total. The van der Waals surface area contributed by atoms with Crippen molar-refractivity contribution in [1.29, 1.82) is 0 Å². The van der Waals surface area contributed by atoms with Crippen molar-refractivity contribution in [2.24, 2.45) is 0 Å². The van der Waals surface area contributed by atoms with Crippen LogP contribution in [0.2, 0.25) is 0 Å². The predicted octanol–water partition coefficient (Wildman–Crippen LogP) is 1.02. The first kappa shape index (κ1) is 22.1. The van der Waals surface area contributed by atoms with Gasteiger partial charge < -0.3 is 10.1 Å². The molecule has 0 aliphatic carbocycles. The minimum Gasteiger partial charge on any atom is -0.452 e. The number of carbonyl (C=O) groups excluding carboxylic acids is 2. The van der Waals surface area contributed by atoms with E-state index in [1.54, 1.807) is 31.2 Å². The summed E-state index contributed by atoms with van der Waals surface area (Å²) in [6.45, 7) is 1.13. The maximum atomic E-state index is 12.4. The SMILES string of the molecule is Cc1ccc(NC(=O)COC(=O)c2ccc(-n3cnnn3)cc2)cc1S(=O)(=O)N(C)C. The second-order valence-electron chi connectivity index (χ2n) is 6.69. The Balaban J connectivity index is 1.61. The fourth-order valence-electron chi connectivity index (χ4n) is 2.59. The molecule has 0 spiro atoms. The Morgan fingerprint density at radius 2 is 1.84 bits per heavy atom. The highest BCUT2D eigenvalue weighted by Crippen LogP contribution is 2.22. The van der Waals surface area contributed by atoms with Gasteiger partial charge in [-0.2, -0.15) is 0 Å². The van der Waals surface area contributed by atoms with Gasteiger partial charge in [0, 0.05) is 19.8 Å². The van der Waals surface area contributed by atoms with Crippen molar-refractivity contribution in [3.8, 4) is 5.69 Å². The number of nitrogens with one attached hydrogen (secondary N) is 1. The molecular weight excluding hydrogens is 424 g/mol. The van der Waals surface area contributed by atoms with Crippen molar-refractivity contribution in [3.05, 3.63) is 59.9 Å². The van der Waals surface area contributed by atoms with Crippen molar-refractivity contribution in [2.45, 2.75) is 11.8 Å². The lowest BCUT2D eigenvalue weighted by Gasteiger charge is -2.15. The van der Waals surface area contributed by atoms with E-state index < -0.39 is 28.5 Å². The molecule has 3 aromatic rings. The Morgan fingerprint density at radius 1 is 1.13 bits per heavy atom. The van der Waals surface area contributed by atoms with E-state index in [2.05, 4.69) is 20.8 Å². The van der Waals surface area contributed by atoms with Crippen molar-refractivity contribution in [3.63, 3.8) is 0 Å². The highest BCUT2D eigenvalue weighted by molar-refractivity contribution is 7.89. The lowest BCUT2D eigenvalue weighted by molar-refractivity contribution is -0.119. The fourth-order valence-corrected chi connectivity index (χ4v) is 3.74.